The first-order valence-electron chi connectivity index (χ1n) is 6.99. The van der Waals surface area contributed by atoms with Crippen molar-refractivity contribution in [1.29, 1.82) is 0 Å². The second-order valence-corrected chi connectivity index (χ2v) is 5.07. The van der Waals surface area contributed by atoms with Crippen LogP contribution in [-0.4, -0.2) is 55.5 Å². The second-order valence-electron chi connectivity index (χ2n) is 5.07. The number of nitrogens with zero attached hydrogens (tertiary/aromatic N) is 2. The number of hydrogen-bond donors (Lipinski definition) is 1. The van der Waals surface area contributed by atoms with Crippen molar-refractivity contribution in [3.63, 3.8) is 0 Å². The number of amides is 1. The standard InChI is InChI=1S/C15H23N3O2/c1-12(19)17-6-8-18(9-7-17)15(11-16)13-4-3-5-14(10-13)20-2/h3-5,10,15H,6-9,11,16H2,1-2H3. The van der Waals surface area contributed by atoms with Crippen LogP contribution in [0.4, 0.5) is 0 Å². The molecular weight excluding hydrogens is 254 g/mol. The first-order valence-corrected chi connectivity index (χ1v) is 6.99. The van der Waals surface area contributed by atoms with E-state index in [4.69, 9.17) is 10.5 Å². The van der Waals surface area contributed by atoms with E-state index >= 15 is 0 Å². The van der Waals surface area contributed by atoms with Gasteiger partial charge in [-0.1, -0.05) is 12.1 Å². The largest absolute Gasteiger partial charge is 0.497 e. The molecule has 1 fully saturated rings. The summed E-state index contributed by atoms with van der Waals surface area (Å²) in [5, 5.41) is 0. The quantitative estimate of drug-likeness (QED) is 0.887. The van der Waals surface area contributed by atoms with E-state index in [9.17, 15) is 4.79 Å². The molecular formula is C15H23N3O2. The highest BCUT2D eigenvalue weighted by molar-refractivity contribution is 5.73. The van der Waals surface area contributed by atoms with E-state index in [2.05, 4.69) is 11.0 Å². The number of carbonyl (C=O) groups excluding carboxylic acids is 1. The van der Waals surface area contributed by atoms with Crippen LogP contribution in [0.2, 0.25) is 0 Å². The maximum atomic E-state index is 11.4. The van der Waals surface area contributed by atoms with Crippen LogP contribution in [0.15, 0.2) is 24.3 Å². The third-order valence-electron chi connectivity index (χ3n) is 3.90. The second kappa shape index (κ2) is 6.72. The third-order valence-corrected chi connectivity index (χ3v) is 3.90. The van der Waals surface area contributed by atoms with Crippen LogP contribution in [0.25, 0.3) is 0 Å². The van der Waals surface area contributed by atoms with E-state index in [0.29, 0.717) is 6.54 Å². The molecule has 1 saturated heterocycles. The van der Waals surface area contributed by atoms with Crippen LogP contribution in [0.5, 0.6) is 5.75 Å². The summed E-state index contributed by atoms with van der Waals surface area (Å²) in [5.41, 5.74) is 7.13. The Kier molecular flexibility index (Phi) is 4.98. The first-order chi connectivity index (χ1) is 9.65. The molecule has 20 heavy (non-hydrogen) atoms. The Balaban J connectivity index is 2.07. The minimum absolute atomic E-state index is 0.148. The molecule has 1 atom stereocenters. The molecule has 1 aliphatic heterocycles. The van der Waals surface area contributed by atoms with Crippen LogP contribution >= 0.6 is 0 Å². The number of piperazine rings is 1. The zero-order valence-corrected chi connectivity index (χ0v) is 12.2. The number of ether oxygens (including phenoxy) is 1. The number of carbonyl (C=O) groups is 1. The number of nitrogens with two attached hydrogens (primary N) is 1. The topological polar surface area (TPSA) is 58.8 Å². The number of methoxy groups -OCH3 is 1. The molecule has 5 nitrogen and oxygen atoms in total. The molecule has 0 aromatic heterocycles. The van der Waals surface area contributed by atoms with Crippen LogP contribution in [-0.2, 0) is 4.79 Å². The fraction of sp³-hybridized carbons (Fsp3) is 0.533. The average molecular weight is 277 g/mol. The average Bonchev–Trinajstić information content (AvgIpc) is 2.49. The molecule has 1 aliphatic rings. The highest BCUT2D eigenvalue weighted by Crippen LogP contribution is 2.24. The van der Waals surface area contributed by atoms with Crippen molar-refractivity contribution in [2.24, 2.45) is 5.73 Å². The molecule has 0 aliphatic carbocycles. The van der Waals surface area contributed by atoms with E-state index in [1.165, 1.54) is 5.56 Å². The van der Waals surface area contributed by atoms with Crippen molar-refractivity contribution in [3.05, 3.63) is 29.8 Å². The maximum Gasteiger partial charge on any atom is 0.219 e. The van der Waals surface area contributed by atoms with Crippen molar-refractivity contribution in [2.75, 3.05) is 39.8 Å². The van der Waals surface area contributed by atoms with E-state index < -0.39 is 0 Å². The predicted molar refractivity (Wildman–Crippen MR) is 78.6 cm³/mol. The molecule has 1 unspecified atom stereocenters. The SMILES string of the molecule is COc1cccc(C(CN)N2CCN(C(C)=O)CC2)c1. The van der Waals surface area contributed by atoms with Crippen molar-refractivity contribution in [2.45, 2.75) is 13.0 Å². The molecule has 2 rings (SSSR count). The fourth-order valence-corrected chi connectivity index (χ4v) is 2.69. The van der Waals surface area contributed by atoms with Gasteiger partial charge in [-0.25, -0.2) is 0 Å². The Hall–Kier alpha value is -1.59. The van der Waals surface area contributed by atoms with Gasteiger partial charge in [0.05, 0.1) is 7.11 Å². The van der Waals surface area contributed by atoms with Crippen LogP contribution in [0, 0.1) is 0 Å². The summed E-state index contributed by atoms with van der Waals surface area (Å²) >= 11 is 0. The van der Waals surface area contributed by atoms with Crippen LogP contribution in [0.1, 0.15) is 18.5 Å². The molecule has 0 spiro atoms. The summed E-state index contributed by atoms with van der Waals surface area (Å²) in [4.78, 5) is 15.6. The molecule has 1 amide bonds. The van der Waals surface area contributed by atoms with Crippen molar-refractivity contribution in [1.82, 2.24) is 9.80 Å². The highest BCUT2D eigenvalue weighted by atomic mass is 16.5. The molecule has 5 heteroatoms. The Morgan fingerprint density at radius 1 is 1.35 bits per heavy atom. The van der Waals surface area contributed by atoms with Gasteiger partial charge in [-0.15, -0.1) is 0 Å². The van der Waals surface area contributed by atoms with E-state index in [0.717, 1.165) is 31.9 Å². The summed E-state index contributed by atoms with van der Waals surface area (Å²) in [6, 6.07) is 8.22. The summed E-state index contributed by atoms with van der Waals surface area (Å²) in [7, 11) is 1.67. The summed E-state index contributed by atoms with van der Waals surface area (Å²) in [5.74, 6) is 0.999. The van der Waals surface area contributed by atoms with Gasteiger partial charge in [0.15, 0.2) is 0 Å². The summed E-state index contributed by atoms with van der Waals surface area (Å²) in [6.45, 7) is 5.45. The monoisotopic (exact) mass is 277 g/mol. The van der Waals surface area contributed by atoms with Gasteiger partial charge in [0.1, 0.15) is 5.75 Å². The number of benzene rings is 1. The van der Waals surface area contributed by atoms with E-state index in [-0.39, 0.29) is 11.9 Å². The molecule has 1 aromatic carbocycles. The van der Waals surface area contributed by atoms with Crippen LogP contribution in [0.3, 0.4) is 0 Å². The van der Waals surface area contributed by atoms with Crippen molar-refractivity contribution >= 4 is 5.91 Å². The van der Waals surface area contributed by atoms with E-state index in [1.54, 1.807) is 14.0 Å². The predicted octanol–water partition coefficient (Wildman–Crippen LogP) is 0.859. The number of rotatable bonds is 4. The highest BCUT2D eigenvalue weighted by Gasteiger charge is 2.25. The van der Waals surface area contributed by atoms with Gasteiger partial charge in [0, 0.05) is 45.7 Å². The van der Waals surface area contributed by atoms with Gasteiger partial charge in [0.2, 0.25) is 5.91 Å². The molecule has 110 valence electrons. The first kappa shape index (κ1) is 14.8. The molecule has 0 bridgehead atoms. The molecule has 1 heterocycles. The molecule has 0 radical (unpaired) electrons. The number of hydrogen-bond acceptors (Lipinski definition) is 4. The normalized spacial score (nSPS) is 17.9. The lowest BCUT2D eigenvalue weighted by molar-refractivity contribution is -0.130. The minimum Gasteiger partial charge on any atom is -0.497 e. The van der Waals surface area contributed by atoms with Gasteiger partial charge in [-0.2, -0.15) is 0 Å². The smallest absolute Gasteiger partial charge is 0.219 e. The Morgan fingerprint density at radius 2 is 2.05 bits per heavy atom. The van der Waals surface area contributed by atoms with Crippen LogP contribution < -0.4 is 10.5 Å². The van der Waals surface area contributed by atoms with Gasteiger partial charge in [-0.3, -0.25) is 9.69 Å². The third kappa shape index (κ3) is 3.29. The van der Waals surface area contributed by atoms with Crippen molar-refractivity contribution in [3.8, 4) is 5.75 Å². The Morgan fingerprint density at radius 3 is 2.60 bits per heavy atom. The minimum atomic E-state index is 0.148. The Bertz CT molecular complexity index is 456. The van der Waals surface area contributed by atoms with Gasteiger partial charge in [-0.05, 0) is 17.7 Å². The lowest BCUT2D eigenvalue weighted by Crippen LogP contribution is -2.50. The zero-order chi connectivity index (χ0) is 14.5. The lowest BCUT2D eigenvalue weighted by Gasteiger charge is -2.38. The zero-order valence-electron chi connectivity index (χ0n) is 12.2. The summed E-state index contributed by atoms with van der Waals surface area (Å²) < 4.78 is 5.27. The van der Waals surface area contributed by atoms with Crippen molar-refractivity contribution < 1.29 is 9.53 Å². The van der Waals surface area contributed by atoms with Gasteiger partial charge < -0.3 is 15.4 Å². The van der Waals surface area contributed by atoms with Gasteiger partial charge >= 0.3 is 0 Å². The maximum absolute atomic E-state index is 11.4. The Labute approximate surface area is 120 Å². The van der Waals surface area contributed by atoms with E-state index in [1.807, 2.05) is 23.1 Å². The molecule has 0 saturated carbocycles. The van der Waals surface area contributed by atoms with Gasteiger partial charge in [0.25, 0.3) is 0 Å². The molecule has 1 aromatic rings. The fourth-order valence-electron chi connectivity index (χ4n) is 2.69. The molecule has 2 N–H and O–H groups in total. The lowest BCUT2D eigenvalue weighted by atomic mass is 10.0. The summed E-state index contributed by atoms with van der Waals surface area (Å²) in [6.07, 6.45) is 0.